The first-order valence-electron chi connectivity index (χ1n) is 6.74. The second kappa shape index (κ2) is 8.11. The van der Waals surface area contributed by atoms with E-state index in [4.69, 9.17) is 16.2 Å². The van der Waals surface area contributed by atoms with Crippen LogP contribution in [0.2, 0.25) is 0 Å². The fourth-order valence-corrected chi connectivity index (χ4v) is 2.40. The highest BCUT2D eigenvalue weighted by Crippen LogP contribution is 2.18. The van der Waals surface area contributed by atoms with Gasteiger partial charge in [-0.1, -0.05) is 0 Å². The molecular formula is C14H18N4O5S. The van der Waals surface area contributed by atoms with Crippen LogP contribution in [0, 0.1) is 0 Å². The summed E-state index contributed by atoms with van der Waals surface area (Å²) in [6.45, 7) is 3.11. The van der Waals surface area contributed by atoms with Crippen LogP contribution in [0.3, 0.4) is 0 Å². The van der Waals surface area contributed by atoms with Gasteiger partial charge in [-0.2, -0.15) is 8.42 Å². The van der Waals surface area contributed by atoms with Crippen LogP contribution in [0.25, 0.3) is 0 Å². The topological polar surface area (TPSA) is 157 Å². The first-order chi connectivity index (χ1) is 11.2. The molecule has 0 atom stereocenters. The van der Waals surface area contributed by atoms with E-state index in [0.717, 1.165) is 6.21 Å². The highest BCUT2D eigenvalue weighted by atomic mass is 32.2. The Morgan fingerprint density at radius 2 is 1.88 bits per heavy atom. The molecule has 9 nitrogen and oxygen atoms in total. The number of carbonyl (C=O) groups excluding carboxylic acids is 1. The SMILES string of the molecule is CCOC(=O)/C(C=Nc1ccc(S(=O)(=O)N=C(N)N)cc1)=C(/C)O. The van der Waals surface area contributed by atoms with Crippen LogP contribution in [0.1, 0.15) is 13.8 Å². The zero-order valence-electron chi connectivity index (χ0n) is 13.1. The summed E-state index contributed by atoms with van der Waals surface area (Å²) < 4.78 is 31.5. The van der Waals surface area contributed by atoms with E-state index in [0.29, 0.717) is 5.69 Å². The lowest BCUT2D eigenvalue weighted by Gasteiger charge is -2.03. The molecule has 0 fully saturated rings. The van der Waals surface area contributed by atoms with Crippen molar-refractivity contribution in [1.29, 1.82) is 0 Å². The second-order valence-corrected chi connectivity index (χ2v) is 6.07. The number of nitrogens with zero attached hydrogens (tertiary/aromatic N) is 2. The Kier molecular flexibility index (Phi) is 6.48. The lowest BCUT2D eigenvalue weighted by atomic mass is 10.2. The summed E-state index contributed by atoms with van der Waals surface area (Å²) >= 11 is 0. The van der Waals surface area contributed by atoms with Crippen molar-refractivity contribution in [2.75, 3.05) is 6.61 Å². The van der Waals surface area contributed by atoms with E-state index in [1.165, 1.54) is 31.2 Å². The van der Waals surface area contributed by atoms with Crippen LogP contribution in [0.15, 0.2) is 49.9 Å². The minimum Gasteiger partial charge on any atom is -0.512 e. The summed E-state index contributed by atoms with van der Waals surface area (Å²) in [5.41, 5.74) is 10.4. The molecule has 130 valence electrons. The molecule has 1 aromatic rings. The lowest BCUT2D eigenvalue weighted by Crippen LogP contribution is -2.24. The van der Waals surface area contributed by atoms with Crippen molar-refractivity contribution in [2.45, 2.75) is 18.7 Å². The molecule has 0 aliphatic rings. The van der Waals surface area contributed by atoms with E-state index in [9.17, 15) is 18.3 Å². The van der Waals surface area contributed by atoms with Gasteiger partial charge in [0.1, 0.15) is 11.3 Å². The van der Waals surface area contributed by atoms with Crippen molar-refractivity contribution in [3.63, 3.8) is 0 Å². The number of ether oxygens (including phenoxy) is 1. The Bertz CT molecular complexity index is 787. The smallest absolute Gasteiger partial charge is 0.343 e. The van der Waals surface area contributed by atoms with Crippen LogP contribution in [0.4, 0.5) is 5.69 Å². The molecule has 10 heteroatoms. The standard InChI is InChI=1S/C14H18N4O5S/c1-3-23-13(20)12(9(2)19)8-17-10-4-6-11(7-5-10)24(21,22)18-14(15)16/h4-8,19H,3H2,1-2H3,(H4,15,16,18)/b12-9-,17-8?. The number of guanidine groups is 1. The highest BCUT2D eigenvalue weighted by molar-refractivity contribution is 7.90. The van der Waals surface area contributed by atoms with Crippen molar-refractivity contribution >= 4 is 33.9 Å². The maximum Gasteiger partial charge on any atom is 0.343 e. The third-order valence-corrected chi connectivity index (χ3v) is 3.91. The lowest BCUT2D eigenvalue weighted by molar-refractivity contribution is -0.138. The maximum atomic E-state index is 11.8. The molecule has 0 amide bonds. The Labute approximate surface area is 139 Å². The molecule has 24 heavy (non-hydrogen) atoms. The molecule has 0 aliphatic carbocycles. The second-order valence-electron chi connectivity index (χ2n) is 4.46. The normalized spacial score (nSPS) is 12.6. The number of benzene rings is 1. The predicted molar refractivity (Wildman–Crippen MR) is 89.6 cm³/mol. The maximum absolute atomic E-state index is 11.8. The number of carbonyl (C=O) groups is 1. The summed E-state index contributed by atoms with van der Waals surface area (Å²) in [5.74, 6) is -1.53. The van der Waals surface area contributed by atoms with Gasteiger partial charge in [-0.15, -0.1) is 4.40 Å². The first kappa shape index (κ1) is 19.2. The van der Waals surface area contributed by atoms with Crippen LogP contribution in [0.5, 0.6) is 0 Å². The Morgan fingerprint density at radius 1 is 1.29 bits per heavy atom. The van der Waals surface area contributed by atoms with E-state index in [-0.39, 0.29) is 22.8 Å². The van der Waals surface area contributed by atoms with E-state index < -0.39 is 22.0 Å². The summed E-state index contributed by atoms with van der Waals surface area (Å²) in [7, 11) is -3.98. The Morgan fingerprint density at radius 3 is 2.33 bits per heavy atom. The molecule has 5 N–H and O–H groups in total. The van der Waals surface area contributed by atoms with Gasteiger partial charge in [0, 0.05) is 6.21 Å². The van der Waals surface area contributed by atoms with Crippen LogP contribution >= 0.6 is 0 Å². The zero-order chi connectivity index (χ0) is 18.3. The van der Waals surface area contributed by atoms with Crippen LogP contribution in [-0.4, -0.2) is 38.3 Å². The van der Waals surface area contributed by atoms with Gasteiger partial charge in [-0.05, 0) is 38.1 Å². The average Bonchev–Trinajstić information content (AvgIpc) is 2.46. The van der Waals surface area contributed by atoms with Gasteiger partial charge in [-0.25, -0.2) is 4.79 Å². The molecule has 0 bridgehead atoms. The number of aliphatic hydroxyl groups is 1. The summed E-state index contributed by atoms with van der Waals surface area (Å²) in [4.78, 5) is 15.5. The average molecular weight is 354 g/mol. The molecule has 0 unspecified atom stereocenters. The van der Waals surface area contributed by atoms with E-state index in [1.807, 2.05) is 0 Å². The quantitative estimate of drug-likeness (QED) is 0.223. The van der Waals surface area contributed by atoms with E-state index in [1.54, 1.807) is 6.92 Å². The number of rotatable bonds is 6. The molecule has 0 saturated carbocycles. The van der Waals surface area contributed by atoms with Crippen molar-refractivity contribution < 1.29 is 23.1 Å². The van der Waals surface area contributed by atoms with E-state index in [2.05, 4.69) is 9.39 Å². The number of nitrogens with two attached hydrogens (primary N) is 2. The summed E-state index contributed by atoms with van der Waals surface area (Å²) in [6.07, 6.45) is 1.13. The predicted octanol–water partition coefficient (Wildman–Crippen LogP) is 0.746. The van der Waals surface area contributed by atoms with Gasteiger partial charge in [0.05, 0.1) is 17.2 Å². The van der Waals surface area contributed by atoms with Gasteiger partial charge in [0.25, 0.3) is 10.0 Å². The zero-order valence-corrected chi connectivity index (χ0v) is 13.9. The number of aliphatic imine (C=N–C) groups is 1. The van der Waals surface area contributed by atoms with Crippen molar-refractivity contribution in [3.05, 3.63) is 35.6 Å². The number of esters is 1. The molecule has 0 saturated heterocycles. The van der Waals surface area contributed by atoms with Gasteiger partial charge < -0.3 is 21.3 Å². The molecule has 0 aliphatic heterocycles. The Hall–Kier alpha value is -2.88. The van der Waals surface area contributed by atoms with Crippen molar-refractivity contribution in [2.24, 2.45) is 20.9 Å². The van der Waals surface area contributed by atoms with Crippen molar-refractivity contribution in [1.82, 2.24) is 0 Å². The monoisotopic (exact) mass is 354 g/mol. The molecule has 0 aromatic heterocycles. The van der Waals surface area contributed by atoms with Gasteiger partial charge in [0.15, 0.2) is 0 Å². The highest BCUT2D eigenvalue weighted by Gasteiger charge is 2.14. The largest absolute Gasteiger partial charge is 0.512 e. The van der Waals surface area contributed by atoms with E-state index >= 15 is 0 Å². The molecule has 0 spiro atoms. The number of allylic oxidation sites excluding steroid dienone is 1. The van der Waals surface area contributed by atoms with Crippen LogP contribution in [-0.2, 0) is 19.6 Å². The fourth-order valence-electron chi connectivity index (χ4n) is 1.54. The third-order valence-electron chi connectivity index (χ3n) is 2.59. The van der Waals surface area contributed by atoms with Gasteiger partial charge >= 0.3 is 5.97 Å². The fraction of sp³-hybridized carbons (Fsp3) is 0.214. The summed E-state index contributed by atoms with van der Waals surface area (Å²) in [5, 5.41) is 9.49. The van der Waals surface area contributed by atoms with Gasteiger partial charge in [0.2, 0.25) is 5.96 Å². The Balaban J connectivity index is 3.04. The number of hydrogen-bond acceptors (Lipinski definition) is 6. The van der Waals surface area contributed by atoms with Gasteiger partial charge in [-0.3, -0.25) is 4.99 Å². The molecule has 0 heterocycles. The minimum atomic E-state index is -3.98. The molecule has 0 radical (unpaired) electrons. The van der Waals surface area contributed by atoms with Crippen molar-refractivity contribution in [3.8, 4) is 0 Å². The number of aliphatic hydroxyl groups excluding tert-OH is 1. The molecule has 1 aromatic carbocycles. The molecule has 1 rings (SSSR count). The minimum absolute atomic E-state index is 0.103. The third kappa shape index (κ3) is 5.39. The summed E-state index contributed by atoms with van der Waals surface area (Å²) in [6, 6.07) is 5.30. The first-order valence-corrected chi connectivity index (χ1v) is 8.18. The molecular weight excluding hydrogens is 336 g/mol. The number of sulfonamides is 1. The van der Waals surface area contributed by atoms with Crippen LogP contribution < -0.4 is 11.5 Å². The number of hydrogen-bond donors (Lipinski definition) is 3.